The van der Waals surface area contributed by atoms with Crippen molar-refractivity contribution in [1.82, 2.24) is 10.2 Å². The molecule has 2 aromatic rings. The largest absolute Gasteiger partial charge is 0.496 e. The minimum Gasteiger partial charge on any atom is -0.496 e. The maximum atomic E-state index is 12.2. The number of likely N-dealkylation sites (N-methyl/N-ethyl adjacent to an activating group) is 1. The second-order valence-electron chi connectivity index (χ2n) is 5.22. The molecule has 6 heteroatoms. The van der Waals surface area contributed by atoms with Crippen molar-refractivity contribution in [3.63, 3.8) is 0 Å². The maximum absolute atomic E-state index is 12.2. The highest BCUT2D eigenvalue weighted by Gasteiger charge is 2.15. The Bertz CT molecular complexity index is 734. The van der Waals surface area contributed by atoms with Crippen molar-refractivity contribution in [2.75, 3.05) is 20.7 Å². The van der Waals surface area contributed by atoms with E-state index in [0.717, 1.165) is 5.56 Å². The summed E-state index contributed by atoms with van der Waals surface area (Å²) < 4.78 is 5.14. The van der Waals surface area contributed by atoms with Crippen molar-refractivity contribution < 1.29 is 14.3 Å². The average molecular weight is 347 g/mol. The number of carbonyl (C=O) groups excluding carboxylic acids is 2. The third-order valence-electron chi connectivity index (χ3n) is 3.54. The second-order valence-corrected chi connectivity index (χ2v) is 5.63. The van der Waals surface area contributed by atoms with Crippen LogP contribution in [0.15, 0.2) is 48.5 Å². The molecule has 126 valence electrons. The number of para-hydroxylation sites is 1. The highest BCUT2D eigenvalue weighted by atomic mass is 35.5. The first-order valence-electron chi connectivity index (χ1n) is 7.41. The van der Waals surface area contributed by atoms with Gasteiger partial charge in [-0.25, -0.2) is 0 Å². The van der Waals surface area contributed by atoms with E-state index in [1.165, 1.54) is 12.0 Å². The van der Waals surface area contributed by atoms with Crippen LogP contribution < -0.4 is 10.1 Å². The zero-order valence-electron chi connectivity index (χ0n) is 13.6. The van der Waals surface area contributed by atoms with Crippen LogP contribution in [-0.2, 0) is 11.3 Å². The molecule has 0 atom stereocenters. The van der Waals surface area contributed by atoms with E-state index in [0.29, 0.717) is 22.9 Å². The van der Waals surface area contributed by atoms with E-state index in [1.54, 1.807) is 37.4 Å². The Balaban J connectivity index is 1.92. The van der Waals surface area contributed by atoms with Crippen LogP contribution in [0, 0.1) is 0 Å². The molecule has 0 saturated heterocycles. The molecule has 0 aliphatic heterocycles. The fraction of sp³-hybridized carbons (Fsp3) is 0.222. The van der Waals surface area contributed by atoms with Crippen molar-refractivity contribution in [3.8, 4) is 5.75 Å². The van der Waals surface area contributed by atoms with Crippen molar-refractivity contribution >= 4 is 23.4 Å². The number of ether oxygens (including phenoxy) is 1. The Morgan fingerprint density at radius 2 is 1.79 bits per heavy atom. The SMILES string of the molecule is COc1ccccc1C(=O)NCC(=O)N(C)Cc1ccccc1Cl. The van der Waals surface area contributed by atoms with Gasteiger partial charge in [-0.15, -0.1) is 0 Å². The monoisotopic (exact) mass is 346 g/mol. The zero-order chi connectivity index (χ0) is 17.5. The molecular weight excluding hydrogens is 328 g/mol. The number of rotatable bonds is 6. The minimum atomic E-state index is -0.355. The maximum Gasteiger partial charge on any atom is 0.255 e. The number of halogens is 1. The van der Waals surface area contributed by atoms with Gasteiger partial charge in [-0.2, -0.15) is 0 Å². The molecular formula is C18H19ClN2O3. The van der Waals surface area contributed by atoms with Gasteiger partial charge in [0.15, 0.2) is 0 Å². The van der Waals surface area contributed by atoms with E-state index in [2.05, 4.69) is 5.32 Å². The van der Waals surface area contributed by atoms with Gasteiger partial charge in [0.05, 0.1) is 19.2 Å². The molecule has 0 spiro atoms. The van der Waals surface area contributed by atoms with Crippen LogP contribution in [0.1, 0.15) is 15.9 Å². The summed E-state index contributed by atoms with van der Waals surface area (Å²) in [5.74, 6) is -0.100. The quantitative estimate of drug-likeness (QED) is 0.875. The lowest BCUT2D eigenvalue weighted by Gasteiger charge is -2.18. The van der Waals surface area contributed by atoms with Gasteiger partial charge >= 0.3 is 0 Å². The molecule has 0 unspecified atom stereocenters. The van der Waals surface area contributed by atoms with Gasteiger partial charge in [-0.3, -0.25) is 9.59 Å². The molecule has 0 saturated carbocycles. The van der Waals surface area contributed by atoms with Crippen LogP contribution in [0.3, 0.4) is 0 Å². The van der Waals surface area contributed by atoms with E-state index in [9.17, 15) is 9.59 Å². The molecule has 0 aliphatic rings. The summed E-state index contributed by atoms with van der Waals surface area (Å²) in [7, 11) is 3.16. The van der Waals surface area contributed by atoms with E-state index >= 15 is 0 Å². The van der Waals surface area contributed by atoms with Crippen LogP contribution in [0.5, 0.6) is 5.75 Å². The average Bonchev–Trinajstić information content (AvgIpc) is 2.61. The topological polar surface area (TPSA) is 58.6 Å². The summed E-state index contributed by atoms with van der Waals surface area (Å²) in [5.41, 5.74) is 1.24. The fourth-order valence-corrected chi connectivity index (χ4v) is 2.38. The highest BCUT2D eigenvalue weighted by Crippen LogP contribution is 2.17. The van der Waals surface area contributed by atoms with E-state index in [4.69, 9.17) is 16.3 Å². The first kappa shape index (κ1) is 17.8. The van der Waals surface area contributed by atoms with Gasteiger partial charge in [-0.1, -0.05) is 41.9 Å². The molecule has 0 fully saturated rings. The van der Waals surface area contributed by atoms with E-state index in [1.807, 2.05) is 18.2 Å². The molecule has 0 aliphatic carbocycles. The van der Waals surface area contributed by atoms with Gasteiger partial charge in [-0.05, 0) is 23.8 Å². The zero-order valence-corrected chi connectivity index (χ0v) is 14.3. The lowest BCUT2D eigenvalue weighted by atomic mass is 10.2. The Morgan fingerprint density at radius 1 is 1.12 bits per heavy atom. The Labute approximate surface area is 146 Å². The van der Waals surface area contributed by atoms with Crippen LogP contribution >= 0.6 is 11.6 Å². The first-order chi connectivity index (χ1) is 11.5. The molecule has 0 bridgehead atoms. The van der Waals surface area contributed by atoms with Crippen LogP contribution in [0.25, 0.3) is 0 Å². The van der Waals surface area contributed by atoms with Crippen molar-refractivity contribution in [2.24, 2.45) is 0 Å². The predicted octanol–water partition coefficient (Wildman–Crippen LogP) is 2.74. The van der Waals surface area contributed by atoms with Crippen LogP contribution in [-0.4, -0.2) is 37.4 Å². The molecule has 2 rings (SSSR count). The number of carbonyl (C=O) groups is 2. The number of nitrogens with zero attached hydrogens (tertiary/aromatic N) is 1. The minimum absolute atomic E-state index is 0.0994. The van der Waals surface area contributed by atoms with Crippen molar-refractivity contribution in [1.29, 1.82) is 0 Å². The third-order valence-corrected chi connectivity index (χ3v) is 3.91. The number of hydrogen-bond acceptors (Lipinski definition) is 3. The lowest BCUT2D eigenvalue weighted by Crippen LogP contribution is -2.38. The molecule has 24 heavy (non-hydrogen) atoms. The molecule has 2 amide bonds. The fourth-order valence-electron chi connectivity index (χ4n) is 2.19. The first-order valence-corrected chi connectivity index (χ1v) is 7.79. The van der Waals surface area contributed by atoms with Gasteiger partial charge in [0.25, 0.3) is 5.91 Å². The molecule has 0 aromatic heterocycles. The Kier molecular flexibility index (Phi) is 6.21. The van der Waals surface area contributed by atoms with Gasteiger partial charge in [0.1, 0.15) is 5.75 Å². The molecule has 0 radical (unpaired) electrons. The molecule has 1 N–H and O–H groups in total. The standard InChI is InChI=1S/C18H19ClN2O3/c1-21(12-13-7-3-5-9-15(13)19)17(22)11-20-18(23)14-8-4-6-10-16(14)24-2/h3-10H,11-12H2,1-2H3,(H,20,23). The second kappa shape index (κ2) is 8.36. The van der Waals surface area contributed by atoms with Crippen LogP contribution in [0.2, 0.25) is 5.02 Å². The summed E-state index contributed by atoms with van der Waals surface area (Å²) in [5, 5.41) is 3.22. The smallest absolute Gasteiger partial charge is 0.255 e. The highest BCUT2D eigenvalue weighted by molar-refractivity contribution is 6.31. The number of nitrogens with one attached hydrogen (secondary N) is 1. The number of benzene rings is 2. The summed E-state index contributed by atoms with van der Waals surface area (Å²) in [6.07, 6.45) is 0. The summed E-state index contributed by atoms with van der Waals surface area (Å²) >= 11 is 6.09. The van der Waals surface area contributed by atoms with E-state index in [-0.39, 0.29) is 18.4 Å². The van der Waals surface area contributed by atoms with Gasteiger partial charge < -0.3 is 15.0 Å². The predicted molar refractivity (Wildman–Crippen MR) is 93.3 cm³/mol. The lowest BCUT2D eigenvalue weighted by molar-refractivity contribution is -0.129. The Hall–Kier alpha value is -2.53. The summed E-state index contributed by atoms with van der Waals surface area (Å²) in [6, 6.07) is 14.2. The number of amides is 2. The van der Waals surface area contributed by atoms with Gasteiger partial charge in [0, 0.05) is 18.6 Å². The summed E-state index contributed by atoms with van der Waals surface area (Å²) in [6.45, 7) is 0.279. The molecule has 5 nitrogen and oxygen atoms in total. The van der Waals surface area contributed by atoms with Crippen molar-refractivity contribution in [3.05, 3.63) is 64.7 Å². The number of methoxy groups -OCH3 is 1. The molecule has 0 heterocycles. The van der Waals surface area contributed by atoms with E-state index < -0.39 is 0 Å². The van der Waals surface area contributed by atoms with Crippen LogP contribution in [0.4, 0.5) is 0 Å². The third kappa shape index (κ3) is 4.49. The van der Waals surface area contributed by atoms with Gasteiger partial charge in [0.2, 0.25) is 5.91 Å². The summed E-state index contributed by atoms with van der Waals surface area (Å²) in [4.78, 5) is 25.9. The Morgan fingerprint density at radius 3 is 2.50 bits per heavy atom. The van der Waals surface area contributed by atoms with Crippen molar-refractivity contribution in [2.45, 2.75) is 6.54 Å². The number of hydrogen-bond donors (Lipinski definition) is 1. The normalized spacial score (nSPS) is 10.1. The molecule has 2 aromatic carbocycles.